The smallest absolute Gasteiger partial charge is 0.304 e. The fraction of sp³-hybridized carbons (Fsp3) is 0.333. The van der Waals surface area contributed by atoms with Crippen LogP contribution in [-0.4, -0.2) is 21.0 Å². The second kappa shape index (κ2) is 6.16. The topological polar surface area (TPSA) is 78.2 Å². The first kappa shape index (κ1) is 13.4. The van der Waals surface area contributed by atoms with E-state index in [-0.39, 0.29) is 12.2 Å². The fourth-order valence-corrected chi connectivity index (χ4v) is 2.59. The van der Waals surface area contributed by atoms with E-state index in [0.717, 1.165) is 11.1 Å². The number of hydrogen-bond donors (Lipinski definition) is 1. The number of aliphatic carboxylic acids is 1. The number of hydrogen-bond acceptors (Lipinski definition) is 3. The minimum atomic E-state index is -1.17. The van der Waals surface area contributed by atoms with Gasteiger partial charge in [0.1, 0.15) is 0 Å². The number of rotatable bonds is 5. The van der Waals surface area contributed by atoms with Crippen molar-refractivity contribution in [2.75, 3.05) is 5.75 Å². The van der Waals surface area contributed by atoms with Gasteiger partial charge in [0.25, 0.3) is 0 Å². The third-order valence-corrected chi connectivity index (χ3v) is 3.62. The van der Waals surface area contributed by atoms with Crippen LogP contribution >= 0.6 is 0 Å². The van der Waals surface area contributed by atoms with Crippen molar-refractivity contribution in [3.8, 4) is 6.07 Å². The summed E-state index contributed by atoms with van der Waals surface area (Å²) in [5.41, 5.74) is 2.38. The second-order valence-electron chi connectivity index (χ2n) is 3.69. The monoisotopic (exact) mass is 251 g/mol. The molecule has 1 atom stereocenters. The fourth-order valence-electron chi connectivity index (χ4n) is 1.37. The number of nitriles is 1. The van der Waals surface area contributed by atoms with Gasteiger partial charge >= 0.3 is 5.97 Å². The van der Waals surface area contributed by atoms with Gasteiger partial charge in [0.2, 0.25) is 0 Å². The Morgan fingerprint density at radius 1 is 1.53 bits per heavy atom. The molecule has 1 N–H and O–H groups in total. The summed E-state index contributed by atoms with van der Waals surface area (Å²) in [7, 11) is -1.17. The predicted octanol–water partition coefficient (Wildman–Crippen LogP) is 1.59. The maximum absolute atomic E-state index is 11.6. The van der Waals surface area contributed by atoms with E-state index in [0.29, 0.717) is 11.3 Å². The van der Waals surface area contributed by atoms with Gasteiger partial charge in [-0.3, -0.25) is 9.00 Å². The number of aryl methyl sites for hydroxylation is 1. The molecule has 90 valence electrons. The van der Waals surface area contributed by atoms with Crippen molar-refractivity contribution in [1.82, 2.24) is 0 Å². The molecule has 4 nitrogen and oxygen atoms in total. The standard InChI is InChI=1S/C12H13NO3S/c1-9-6-10(7-13)2-3-11(9)8-17(16)5-4-12(14)15/h2-3,6H,4-5,8H2,1H3,(H,14,15). The molecule has 0 spiro atoms. The number of nitrogens with zero attached hydrogens (tertiary/aromatic N) is 1. The number of carboxylic acid groups (broad SMARTS) is 1. The molecule has 0 bridgehead atoms. The molecular weight excluding hydrogens is 238 g/mol. The zero-order valence-corrected chi connectivity index (χ0v) is 10.3. The van der Waals surface area contributed by atoms with Crippen LogP contribution in [0.15, 0.2) is 18.2 Å². The molecule has 1 unspecified atom stereocenters. The molecule has 0 aliphatic rings. The predicted molar refractivity (Wildman–Crippen MR) is 64.9 cm³/mol. The average Bonchev–Trinajstić information content (AvgIpc) is 2.29. The Labute approximate surface area is 102 Å². The zero-order valence-electron chi connectivity index (χ0n) is 9.47. The van der Waals surface area contributed by atoms with Crippen molar-refractivity contribution in [3.63, 3.8) is 0 Å². The lowest BCUT2D eigenvalue weighted by molar-refractivity contribution is -0.136. The summed E-state index contributed by atoms with van der Waals surface area (Å²) in [5.74, 6) is -0.436. The number of carbonyl (C=O) groups is 1. The van der Waals surface area contributed by atoms with E-state index in [1.807, 2.05) is 13.0 Å². The first-order valence-corrected chi connectivity index (χ1v) is 6.58. The van der Waals surface area contributed by atoms with E-state index in [9.17, 15) is 9.00 Å². The van der Waals surface area contributed by atoms with Crippen LogP contribution in [0.2, 0.25) is 0 Å². The van der Waals surface area contributed by atoms with Crippen molar-refractivity contribution in [3.05, 3.63) is 34.9 Å². The molecule has 1 rings (SSSR count). The lowest BCUT2D eigenvalue weighted by atomic mass is 10.1. The van der Waals surface area contributed by atoms with E-state index < -0.39 is 16.8 Å². The molecule has 1 aromatic carbocycles. The molecule has 0 aliphatic heterocycles. The molecule has 0 aromatic heterocycles. The highest BCUT2D eigenvalue weighted by Gasteiger charge is 2.07. The van der Waals surface area contributed by atoms with E-state index in [2.05, 4.69) is 0 Å². The number of carboxylic acids is 1. The van der Waals surface area contributed by atoms with Crippen molar-refractivity contribution in [2.45, 2.75) is 19.1 Å². The Bertz CT molecular complexity index is 491. The Hall–Kier alpha value is -1.67. The summed E-state index contributed by atoms with van der Waals surface area (Å²) in [6.45, 7) is 1.85. The second-order valence-corrected chi connectivity index (χ2v) is 5.26. The van der Waals surface area contributed by atoms with Gasteiger partial charge in [-0.2, -0.15) is 5.26 Å². The van der Waals surface area contributed by atoms with Gasteiger partial charge in [-0.25, -0.2) is 0 Å². The van der Waals surface area contributed by atoms with Crippen LogP contribution in [0.3, 0.4) is 0 Å². The highest BCUT2D eigenvalue weighted by Crippen LogP contribution is 2.13. The van der Waals surface area contributed by atoms with Crippen LogP contribution in [0.1, 0.15) is 23.1 Å². The summed E-state index contributed by atoms with van der Waals surface area (Å²) in [6.07, 6.45) is -0.0814. The Morgan fingerprint density at radius 2 is 2.24 bits per heavy atom. The Kier molecular flexibility index (Phi) is 4.85. The summed E-state index contributed by atoms with van der Waals surface area (Å²) >= 11 is 0. The van der Waals surface area contributed by atoms with Gasteiger partial charge < -0.3 is 5.11 Å². The molecule has 0 radical (unpaired) electrons. The van der Waals surface area contributed by atoms with Crippen LogP contribution in [-0.2, 0) is 21.3 Å². The van der Waals surface area contributed by atoms with Gasteiger partial charge in [0, 0.05) is 22.3 Å². The SMILES string of the molecule is Cc1cc(C#N)ccc1CS(=O)CCC(=O)O. The van der Waals surface area contributed by atoms with Crippen molar-refractivity contribution in [1.29, 1.82) is 5.26 Å². The Morgan fingerprint density at radius 3 is 2.76 bits per heavy atom. The average molecular weight is 251 g/mol. The van der Waals surface area contributed by atoms with Crippen LogP contribution in [0.25, 0.3) is 0 Å². The largest absolute Gasteiger partial charge is 0.481 e. The van der Waals surface area contributed by atoms with E-state index in [1.165, 1.54) is 0 Å². The summed E-state index contributed by atoms with van der Waals surface area (Å²) in [4.78, 5) is 10.3. The highest BCUT2D eigenvalue weighted by atomic mass is 32.2. The maximum Gasteiger partial charge on any atom is 0.304 e. The van der Waals surface area contributed by atoms with E-state index in [4.69, 9.17) is 10.4 Å². The summed E-state index contributed by atoms with van der Waals surface area (Å²) in [5, 5.41) is 17.2. The van der Waals surface area contributed by atoms with Gasteiger partial charge in [-0.15, -0.1) is 0 Å². The lowest BCUT2D eigenvalue weighted by Gasteiger charge is -2.05. The molecule has 17 heavy (non-hydrogen) atoms. The third-order valence-electron chi connectivity index (χ3n) is 2.33. The zero-order chi connectivity index (χ0) is 12.8. The molecule has 0 saturated heterocycles. The number of benzene rings is 1. The normalized spacial score (nSPS) is 11.8. The molecular formula is C12H13NO3S. The van der Waals surface area contributed by atoms with Gasteiger partial charge in [-0.1, -0.05) is 6.07 Å². The van der Waals surface area contributed by atoms with Crippen molar-refractivity contribution in [2.24, 2.45) is 0 Å². The van der Waals surface area contributed by atoms with Gasteiger partial charge in [-0.05, 0) is 30.2 Å². The quantitative estimate of drug-likeness (QED) is 0.862. The van der Waals surface area contributed by atoms with Gasteiger partial charge in [0.05, 0.1) is 18.1 Å². The summed E-state index contributed by atoms with van der Waals surface area (Å²) in [6, 6.07) is 7.22. The Balaban J connectivity index is 2.66. The molecule has 1 aromatic rings. The van der Waals surface area contributed by atoms with Crippen LogP contribution in [0.4, 0.5) is 0 Å². The van der Waals surface area contributed by atoms with E-state index >= 15 is 0 Å². The molecule has 0 fully saturated rings. The minimum absolute atomic E-state index is 0.0814. The summed E-state index contributed by atoms with van der Waals surface area (Å²) < 4.78 is 11.6. The first-order chi connectivity index (χ1) is 8.02. The van der Waals surface area contributed by atoms with E-state index in [1.54, 1.807) is 18.2 Å². The molecule has 0 saturated carbocycles. The maximum atomic E-state index is 11.6. The van der Waals surface area contributed by atoms with Crippen LogP contribution in [0, 0.1) is 18.3 Å². The molecule has 0 amide bonds. The third kappa shape index (κ3) is 4.37. The highest BCUT2D eigenvalue weighted by molar-refractivity contribution is 7.84. The minimum Gasteiger partial charge on any atom is -0.481 e. The lowest BCUT2D eigenvalue weighted by Crippen LogP contribution is -2.07. The molecule has 5 heteroatoms. The molecule has 0 heterocycles. The van der Waals surface area contributed by atoms with Crippen molar-refractivity contribution >= 4 is 16.8 Å². The first-order valence-electron chi connectivity index (χ1n) is 5.09. The van der Waals surface area contributed by atoms with Gasteiger partial charge in [0.15, 0.2) is 0 Å². The van der Waals surface area contributed by atoms with Crippen LogP contribution in [0.5, 0.6) is 0 Å². The van der Waals surface area contributed by atoms with Crippen LogP contribution < -0.4 is 0 Å². The van der Waals surface area contributed by atoms with Crippen molar-refractivity contribution < 1.29 is 14.1 Å². The molecule has 0 aliphatic carbocycles.